The zero-order chi connectivity index (χ0) is 12.1. The first-order valence-corrected chi connectivity index (χ1v) is 4.64. The second-order valence-electron chi connectivity index (χ2n) is 2.96. The van der Waals surface area contributed by atoms with E-state index < -0.39 is 5.97 Å². The summed E-state index contributed by atoms with van der Waals surface area (Å²) in [4.78, 5) is 18.2. The minimum Gasteiger partial charge on any atom is -0.477 e. The summed E-state index contributed by atoms with van der Waals surface area (Å²) in [5.74, 6) is -0.454. The molecule has 7 nitrogen and oxygen atoms in total. The maximum Gasteiger partial charge on any atom is 0.354 e. The average molecular weight is 232 g/mol. The summed E-state index contributed by atoms with van der Waals surface area (Å²) in [7, 11) is 0. The highest BCUT2D eigenvalue weighted by Gasteiger charge is 2.04. The third-order valence-electron chi connectivity index (χ3n) is 1.77. The molecule has 0 saturated carbocycles. The minimum atomic E-state index is -1.12. The molecule has 2 N–H and O–H groups in total. The standard InChI is InChI=1S/C10H8N4O3/c15-9(16)8-3-4-11-10(13-8)14-12-6-7-2-1-5-17-7/h1-6H,(H,15,16)(H,11,13,14)/b12-6+. The Hall–Kier alpha value is -2.70. The zero-order valence-electron chi connectivity index (χ0n) is 8.57. The second-order valence-corrected chi connectivity index (χ2v) is 2.96. The lowest BCUT2D eigenvalue weighted by atomic mass is 10.4. The normalized spacial score (nSPS) is 10.6. The van der Waals surface area contributed by atoms with E-state index in [9.17, 15) is 4.79 Å². The number of aromatic carboxylic acids is 1. The number of nitrogens with zero attached hydrogens (tertiary/aromatic N) is 3. The van der Waals surface area contributed by atoms with Crippen molar-refractivity contribution in [1.82, 2.24) is 9.97 Å². The van der Waals surface area contributed by atoms with Crippen LogP contribution in [0.4, 0.5) is 5.95 Å². The Kier molecular flexibility index (Phi) is 3.10. The Bertz CT molecular complexity index is 536. The molecule has 0 radical (unpaired) electrons. The first-order valence-electron chi connectivity index (χ1n) is 4.64. The van der Waals surface area contributed by atoms with Crippen molar-refractivity contribution in [3.8, 4) is 0 Å². The van der Waals surface area contributed by atoms with Crippen molar-refractivity contribution in [3.63, 3.8) is 0 Å². The highest BCUT2D eigenvalue weighted by Crippen LogP contribution is 2.01. The molecule has 0 aromatic carbocycles. The molecule has 0 saturated heterocycles. The maximum absolute atomic E-state index is 10.6. The first-order chi connectivity index (χ1) is 8.25. The van der Waals surface area contributed by atoms with Gasteiger partial charge in [-0.25, -0.2) is 20.2 Å². The van der Waals surface area contributed by atoms with E-state index in [0.29, 0.717) is 5.76 Å². The van der Waals surface area contributed by atoms with Gasteiger partial charge in [0.25, 0.3) is 0 Å². The molecule has 0 amide bonds. The second kappa shape index (κ2) is 4.88. The molecule has 2 rings (SSSR count). The van der Waals surface area contributed by atoms with Gasteiger partial charge >= 0.3 is 5.97 Å². The van der Waals surface area contributed by atoms with Crippen molar-refractivity contribution in [2.45, 2.75) is 0 Å². The van der Waals surface area contributed by atoms with Gasteiger partial charge in [-0.2, -0.15) is 5.10 Å². The monoisotopic (exact) mass is 232 g/mol. The summed E-state index contributed by atoms with van der Waals surface area (Å²) in [5, 5.41) is 12.5. The van der Waals surface area contributed by atoms with E-state index >= 15 is 0 Å². The molecular formula is C10H8N4O3. The van der Waals surface area contributed by atoms with E-state index in [4.69, 9.17) is 9.52 Å². The maximum atomic E-state index is 10.6. The number of furan rings is 1. The number of carboxylic acid groups (broad SMARTS) is 1. The fourth-order valence-corrected chi connectivity index (χ4v) is 1.05. The number of anilines is 1. The van der Waals surface area contributed by atoms with E-state index in [1.807, 2.05) is 0 Å². The Morgan fingerprint density at radius 1 is 1.53 bits per heavy atom. The third-order valence-corrected chi connectivity index (χ3v) is 1.77. The molecular weight excluding hydrogens is 224 g/mol. The predicted molar refractivity (Wildman–Crippen MR) is 58.9 cm³/mol. The van der Waals surface area contributed by atoms with Gasteiger partial charge in [-0.3, -0.25) is 0 Å². The Balaban J connectivity index is 2.04. The quantitative estimate of drug-likeness (QED) is 0.607. The van der Waals surface area contributed by atoms with Crippen LogP contribution in [-0.2, 0) is 0 Å². The molecule has 2 aromatic rings. The van der Waals surface area contributed by atoms with Crippen LogP contribution in [0, 0.1) is 0 Å². The fraction of sp³-hybridized carbons (Fsp3) is 0. The summed E-state index contributed by atoms with van der Waals surface area (Å²) < 4.78 is 5.01. The van der Waals surface area contributed by atoms with Crippen LogP contribution in [0.25, 0.3) is 0 Å². The van der Waals surface area contributed by atoms with Crippen LogP contribution in [0.2, 0.25) is 0 Å². The predicted octanol–water partition coefficient (Wildman–Crippen LogP) is 1.21. The lowest BCUT2D eigenvalue weighted by molar-refractivity contribution is 0.0690. The van der Waals surface area contributed by atoms with E-state index in [1.54, 1.807) is 12.1 Å². The smallest absolute Gasteiger partial charge is 0.354 e. The topological polar surface area (TPSA) is 101 Å². The van der Waals surface area contributed by atoms with Crippen molar-refractivity contribution in [3.05, 3.63) is 42.1 Å². The van der Waals surface area contributed by atoms with Crippen LogP contribution < -0.4 is 5.43 Å². The molecule has 0 fully saturated rings. The lowest BCUT2D eigenvalue weighted by Gasteiger charge is -1.98. The van der Waals surface area contributed by atoms with Crippen molar-refractivity contribution in [1.29, 1.82) is 0 Å². The van der Waals surface area contributed by atoms with E-state index in [1.165, 1.54) is 24.7 Å². The van der Waals surface area contributed by atoms with Gasteiger partial charge in [0, 0.05) is 6.20 Å². The minimum absolute atomic E-state index is 0.101. The number of nitrogens with one attached hydrogen (secondary N) is 1. The fourth-order valence-electron chi connectivity index (χ4n) is 1.05. The number of rotatable bonds is 4. The van der Waals surface area contributed by atoms with Gasteiger partial charge in [-0.1, -0.05) is 0 Å². The lowest BCUT2D eigenvalue weighted by Crippen LogP contribution is -2.04. The number of hydrogen-bond acceptors (Lipinski definition) is 6. The molecule has 0 aliphatic carbocycles. The number of hydrogen-bond donors (Lipinski definition) is 2. The van der Waals surface area contributed by atoms with Crippen molar-refractivity contribution >= 4 is 18.1 Å². The van der Waals surface area contributed by atoms with Crippen molar-refractivity contribution in [2.24, 2.45) is 5.10 Å². The van der Waals surface area contributed by atoms with Crippen LogP contribution in [0.1, 0.15) is 16.2 Å². The third kappa shape index (κ3) is 2.88. The van der Waals surface area contributed by atoms with Gasteiger partial charge in [-0.15, -0.1) is 0 Å². The van der Waals surface area contributed by atoms with Gasteiger partial charge in [0.1, 0.15) is 5.76 Å². The van der Waals surface area contributed by atoms with Crippen LogP contribution in [0.3, 0.4) is 0 Å². The molecule has 2 heterocycles. The van der Waals surface area contributed by atoms with Crippen LogP contribution in [0.5, 0.6) is 0 Å². The summed E-state index contributed by atoms with van der Waals surface area (Å²) in [6, 6.07) is 4.74. The number of carboxylic acids is 1. The molecule has 0 aliphatic heterocycles. The number of carbonyl (C=O) groups is 1. The van der Waals surface area contributed by atoms with Crippen molar-refractivity contribution in [2.75, 3.05) is 5.43 Å². The van der Waals surface area contributed by atoms with Gasteiger partial charge in [0.15, 0.2) is 5.69 Å². The molecule has 86 valence electrons. The largest absolute Gasteiger partial charge is 0.477 e. The molecule has 0 unspecified atom stereocenters. The Morgan fingerprint density at radius 2 is 2.41 bits per heavy atom. The highest BCUT2D eigenvalue weighted by atomic mass is 16.4. The van der Waals surface area contributed by atoms with Crippen LogP contribution >= 0.6 is 0 Å². The molecule has 2 aromatic heterocycles. The molecule has 0 bridgehead atoms. The zero-order valence-corrected chi connectivity index (χ0v) is 8.57. The molecule has 0 atom stereocenters. The summed E-state index contributed by atoms with van der Waals surface area (Å²) in [6.45, 7) is 0. The van der Waals surface area contributed by atoms with E-state index in [-0.39, 0.29) is 11.6 Å². The number of hydrazone groups is 1. The molecule has 7 heteroatoms. The summed E-state index contributed by atoms with van der Waals surface area (Å²) in [6.07, 6.45) is 4.28. The van der Waals surface area contributed by atoms with E-state index in [0.717, 1.165) is 0 Å². The van der Waals surface area contributed by atoms with Crippen LogP contribution in [-0.4, -0.2) is 27.3 Å². The summed E-state index contributed by atoms with van der Waals surface area (Å²) in [5.41, 5.74) is 2.40. The molecule has 0 aliphatic rings. The number of aromatic nitrogens is 2. The highest BCUT2D eigenvalue weighted by molar-refractivity contribution is 5.85. The van der Waals surface area contributed by atoms with Crippen molar-refractivity contribution < 1.29 is 14.3 Å². The van der Waals surface area contributed by atoms with E-state index in [2.05, 4.69) is 20.5 Å². The Labute approximate surface area is 95.8 Å². The van der Waals surface area contributed by atoms with Gasteiger partial charge < -0.3 is 9.52 Å². The molecule has 0 spiro atoms. The van der Waals surface area contributed by atoms with Gasteiger partial charge in [0.05, 0.1) is 12.5 Å². The van der Waals surface area contributed by atoms with Gasteiger partial charge in [0.2, 0.25) is 5.95 Å². The summed E-state index contributed by atoms with van der Waals surface area (Å²) >= 11 is 0. The molecule has 17 heavy (non-hydrogen) atoms. The Morgan fingerprint density at radius 3 is 3.12 bits per heavy atom. The average Bonchev–Trinajstić information content (AvgIpc) is 2.82. The SMILES string of the molecule is O=C(O)c1ccnc(N/N=C/c2ccco2)n1. The first kappa shape index (κ1) is 10.8. The van der Waals surface area contributed by atoms with Crippen LogP contribution in [0.15, 0.2) is 40.2 Å². The van der Waals surface area contributed by atoms with Gasteiger partial charge in [-0.05, 0) is 18.2 Å².